The third-order valence-corrected chi connectivity index (χ3v) is 14.4. The Morgan fingerprint density at radius 1 is 0.985 bits per heavy atom. The van der Waals surface area contributed by atoms with Gasteiger partial charge >= 0.3 is 12.0 Å². The van der Waals surface area contributed by atoms with Gasteiger partial charge < -0.3 is 44.3 Å². The van der Waals surface area contributed by atoms with Crippen LogP contribution in [0.1, 0.15) is 66.8 Å². The summed E-state index contributed by atoms with van der Waals surface area (Å²) in [6.07, 6.45) is 6.82. The van der Waals surface area contributed by atoms with Crippen LogP contribution in [0.4, 0.5) is 4.79 Å². The molecule has 10 rings (SSSR count). The lowest BCUT2D eigenvalue weighted by molar-refractivity contribution is -0.172. The number of ether oxygens (including phenoxy) is 2. The fourth-order valence-corrected chi connectivity index (χ4v) is 10.3. The second kappa shape index (κ2) is 17.8. The minimum absolute atomic E-state index is 0.00123. The Morgan fingerprint density at radius 3 is 2.42 bits per heavy atom. The first kappa shape index (κ1) is 44.0. The maximum atomic E-state index is 13.7. The van der Waals surface area contributed by atoms with E-state index in [1.54, 1.807) is 54.0 Å². The van der Waals surface area contributed by atoms with E-state index in [1.165, 1.54) is 0 Å². The average molecular weight is 931 g/mol. The normalized spacial score (nSPS) is 22.5. The number of hydrogen-bond acceptors (Lipinski definition) is 14. The Kier molecular flexibility index (Phi) is 11.7. The number of amides is 3. The number of carbonyl (C=O) groups excluding carboxylic acids is 3. The monoisotopic (exact) mass is 930 g/mol. The summed E-state index contributed by atoms with van der Waals surface area (Å²) < 4.78 is 12.9. The first-order valence-corrected chi connectivity index (χ1v) is 23.2. The van der Waals surface area contributed by atoms with E-state index in [4.69, 9.17) is 31.3 Å². The summed E-state index contributed by atoms with van der Waals surface area (Å²) >= 11 is 6.16. The molecule has 1 saturated carbocycles. The van der Waals surface area contributed by atoms with Gasteiger partial charge in [0.05, 0.1) is 45.7 Å². The van der Waals surface area contributed by atoms with Gasteiger partial charge in [-0.3, -0.25) is 25.3 Å². The molecule has 5 N–H and O–H groups in total. The number of phenols is 1. The molecule has 1 atom stereocenters. The molecule has 3 fully saturated rings. The number of pyridine rings is 2. The molecule has 2 aromatic carbocycles. The van der Waals surface area contributed by atoms with E-state index in [0.29, 0.717) is 103 Å². The molecule has 5 aliphatic heterocycles. The SMILES string of the molecule is CC[C@@]1(O)C(=O)OCc2c1cc1n(c2=O)Cc2cc3c(CN4CCN(C(=O)N5CCN(C6=CC=C(C(=O)NC7CCC(Oc8ccc(C#N)c(Cl)c8)CC7)NN6)CC5)CC4)c(O)ccc3nc2-1. The Morgan fingerprint density at radius 2 is 1.73 bits per heavy atom. The molecule has 18 nitrogen and oxygen atoms in total. The quantitative estimate of drug-likeness (QED) is 0.141. The third kappa shape index (κ3) is 8.25. The number of hydrazine groups is 1. The van der Waals surface area contributed by atoms with Crippen molar-refractivity contribution < 1.29 is 34.1 Å². The summed E-state index contributed by atoms with van der Waals surface area (Å²) in [6, 6.07) is 14.2. The lowest BCUT2D eigenvalue weighted by atomic mass is 9.86. The van der Waals surface area contributed by atoms with E-state index in [1.807, 2.05) is 21.9 Å². The van der Waals surface area contributed by atoms with Crippen LogP contribution in [0, 0.1) is 11.3 Å². The van der Waals surface area contributed by atoms with Gasteiger partial charge in [0.25, 0.3) is 11.5 Å². The van der Waals surface area contributed by atoms with Crippen LogP contribution in [0.5, 0.6) is 11.5 Å². The van der Waals surface area contributed by atoms with Crippen molar-refractivity contribution in [3.63, 3.8) is 0 Å². The number of rotatable bonds is 8. The van der Waals surface area contributed by atoms with Crippen molar-refractivity contribution in [2.45, 2.75) is 76.5 Å². The van der Waals surface area contributed by atoms with Crippen LogP contribution in [0.25, 0.3) is 22.3 Å². The summed E-state index contributed by atoms with van der Waals surface area (Å²) in [4.78, 5) is 66.2. The summed E-state index contributed by atoms with van der Waals surface area (Å²) in [5.41, 5.74) is 8.60. The maximum Gasteiger partial charge on any atom is 0.343 e. The lowest BCUT2D eigenvalue weighted by Crippen LogP contribution is -2.57. The minimum atomic E-state index is -1.91. The zero-order valence-electron chi connectivity index (χ0n) is 37.0. The molecule has 2 aromatic heterocycles. The highest BCUT2D eigenvalue weighted by Gasteiger charge is 2.45. The van der Waals surface area contributed by atoms with Crippen LogP contribution >= 0.6 is 11.6 Å². The smallest absolute Gasteiger partial charge is 0.343 e. The number of hydrogen-bond donors (Lipinski definition) is 5. The number of aromatic hydroxyl groups is 1. The fraction of sp³-hybridized carbons (Fsp3) is 0.417. The number of carbonyl (C=O) groups is 3. The highest BCUT2D eigenvalue weighted by Crippen LogP contribution is 2.40. The first-order valence-electron chi connectivity index (χ1n) is 22.8. The molecule has 67 heavy (non-hydrogen) atoms. The minimum Gasteiger partial charge on any atom is -0.508 e. The molecule has 3 amide bonds. The molecule has 0 radical (unpaired) electrons. The first-order chi connectivity index (χ1) is 32.4. The Balaban J connectivity index is 0.700. The zero-order chi connectivity index (χ0) is 46.6. The fourth-order valence-electron chi connectivity index (χ4n) is 10.1. The van der Waals surface area contributed by atoms with Crippen molar-refractivity contribution >= 4 is 40.4 Å². The van der Waals surface area contributed by atoms with Gasteiger partial charge in [0.1, 0.15) is 35.7 Å². The van der Waals surface area contributed by atoms with E-state index < -0.39 is 11.6 Å². The van der Waals surface area contributed by atoms with Crippen LogP contribution in [0.15, 0.2) is 70.9 Å². The number of aliphatic hydroxyl groups is 1. The Bertz CT molecular complexity index is 2850. The van der Waals surface area contributed by atoms with E-state index >= 15 is 0 Å². The number of urea groups is 1. The van der Waals surface area contributed by atoms with Crippen LogP contribution in [0.3, 0.4) is 0 Å². The highest BCUT2D eigenvalue weighted by molar-refractivity contribution is 6.31. The van der Waals surface area contributed by atoms with Gasteiger partial charge in [0.2, 0.25) is 0 Å². The molecule has 7 heterocycles. The molecule has 19 heteroatoms. The number of aromatic nitrogens is 2. The van der Waals surface area contributed by atoms with Crippen molar-refractivity contribution in [3.8, 4) is 29.0 Å². The van der Waals surface area contributed by atoms with E-state index in [2.05, 4.69) is 32.0 Å². The maximum absolute atomic E-state index is 13.7. The predicted molar refractivity (Wildman–Crippen MR) is 245 cm³/mol. The van der Waals surface area contributed by atoms with E-state index in [9.17, 15) is 29.4 Å². The van der Waals surface area contributed by atoms with Crippen LogP contribution in [0.2, 0.25) is 5.02 Å². The molecule has 0 unspecified atom stereocenters. The van der Waals surface area contributed by atoms with Crippen molar-refractivity contribution in [1.29, 1.82) is 5.26 Å². The number of nitriles is 1. The van der Waals surface area contributed by atoms with Gasteiger partial charge in [-0.25, -0.2) is 14.6 Å². The number of fused-ring (bicyclic) bond motifs is 5. The average Bonchev–Trinajstić information content (AvgIpc) is 3.71. The summed E-state index contributed by atoms with van der Waals surface area (Å²) in [6.45, 7) is 6.80. The predicted octanol–water partition coefficient (Wildman–Crippen LogP) is 3.50. The van der Waals surface area contributed by atoms with Gasteiger partial charge in [-0.2, -0.15) is 5.26 Å². The molecule has 0 bridgehead atoms. The number of cyclic esters (lactones) is 1. The number of halogens is 1. The third-order valence-electron chi connectivity index (χ3n) is 14.0. The second-order valence-corrected chi connectivity index (χ2v) is 18.4. The van der Waals surface area contributed by atoms with Gasteiger partial charge in [-0.1, -0.05) is 18.5 Å². The molecular formula is C48H51ClN10O8. The Labute approximate surface area is 390 Å². The van der Waals surface area contributed by atoms with Crippen LogP contribution in [-0.4, -0.2) is 122 Å². The van der Waals surface area contributed by atoms with Gasteiger partial charge in [0.15, 0.2) is 5.60 Å². The summed E-state index contributed by atoms with van der Waals surface area (Å²) in [7, 11) is 0. The molecule has 6 aliphatic rings. The number of nitrogens with one attached hydrogen (secondary N) is 3. The number of nitrogens with zero attached hydrogens (tertiary/aromatic N) is 7. The largest absolute Gasteiger partial charge is 0.508 e. The van der Waals surface area contributed by atoms with Crippen molar-refractivity contribution in [1.82, 2.24) is 45.3 Å². The number of piperazine rings is 2. The lowest BCUT2D eigenvalue weighted by Gasteiger charge is -2.42. The molecular weight excluding hydrogens is 880 g/mol. The summed E-state index contributed by atoms with van der Waals surface area (Å²) in [5, 5.41) is 35.8. The molecule has 0 spiro atoms. The van der Waals surface area contributed by atoms with Gasteiger partial charge in [0, 0.05) is 93.1 Å². The van der Waals surface area contributed by atoms with Gasteiger partial charge in [-0.15, -0.1) is 0 Å². The second-order valence-electron chi connectivity index (χ2n) is 17.9. The number of phenolic OH excluding ortho intramolecular Hbond substituents is 1. The summed E-state index contributed by atoms with van der Waals surface area (Å²) in [5.74, 6) is 0.633. The molecule has 348 valence electrons. The highest BCUT2D eigenvalue weighted by atomic mass is 35.5. The van der Waals surface area contributed by atoms with Crippen molar-refractivity contribution in [2.75, 3.05) is 52.4 Å². The Hall–Kier alpha value is -6.81. The van der Waals surface area contributed by atoms with Crippen LogP contribution < -0.4 is 26.5 Å². The van der Waals surface area contributed by atoms with Crippen molar-refractivity contribution in [3.05, 3.63) is 109 Å². The molecule has 1 aliphatic carbocycles. The zero-order valence-corrected chi connectivity index (χ0v) is 37.8. The van der Waals surface area contributed by atoms with E-state index in [-0.39, 0.29) is 66.1 Å². The molecule has 4 aromatic rings. The molecule has 2 saturated heterocycles. The number of allylic oxidation sites excluding steroid dienone is 2. The topological polar surface area (TPSA) is 218 Å². The van der Waals surface area contributed by atoms with E-state index in [0.717, 1.165) is 42.5 Å². The van der Waals surface area contributed by atoms with Crippen molar-refractivity contribution in [2.24, 2.45) is 0 Å². The number of benzene rings is 2. The number of esters is 1. The van der Waals surface area contributed by atoms with Crippen LogP contribution in [-0.2, 0) is 39.6 Å². The van der Waals surface area contributed by atoms with Gasteiger partial charge in [-0.05, 0) is 80.7 Å². The standard InChI is InChI=1S/C48H51ClN10O8/c1-2-48(65)36-23-40-43-29(25-59(40)45(62)35(36)27-66-46(48)63)21-33-34(41(60)11-9-38(33)52-43)26-55-13-15-57(16-14-55)47(64)58-19-17-56(18-20-58)42-12-10-39(53-54-42)44(61)51-30-4-7-31(8-5-30)67-32-6-3-28(24-50)37(49)22-32/h3,6,9-12,21-23,30-31,53-54,60,65H,2,4-5,7-8,13-20,25-27H2,1H3,(H,51,61)/t30?,31?,48-/m0/s1.